The van der Waals surface area contributed by atoms with Crippen LogP contribution in [0.25, 0.3) is 0 Å². The molecule has 92 valence electrons. The molecule has 2 aliphatic rings. The van der Waals surface area contributed by atoms with Gasteiger partial charge >= 0.3 is 0 Å². The normalized spacial score (nSPS) is 26.9. The van der Waals surface area contributed by atoms with Gasteiger partial charge in [-0.1, -0.05) is 24.3 Å². The molecular weight excluding hydrogens is 220 g/mol. The van der Waals surface area contributed by atoms with Gasteiger partial charge in [0.2, 0.25) is 0 Å². The summed E-state index contributed by atoms with van der Waals surface area (Å²) < 4.78 is 5.48. The van der Waals surface area contributed by atoms with Crippen LogP contribution in [-0.4, -0.2) is 45.8 Å². The molecule has 0 aromatic heterocycles. The molecule has 2 atom stereocenters. The first-order chi connectivity index (χ1) is 8.27. The fraction of sp³-hybridized carbons (Fsp3) is 0.333. The van der Waals surface area contributed by atoms with Gasteiger partial charge in [-0.15, -0.1) is 0 Å². The summed E-state index contributed by atoms with van der Waals surface area (Å²) in [5.41, 5.74) is 0. The lowest BCUT2D eigenvalue weighted by molar-refractivity contribution is -0.108. The van der Waals surface area contributed by atoms with Crippen molar-refractivity contribution in [1.29, 1.82) is 0 Å². The lowest BCUT2D eigenvalue weighted by Crippen LogP contribution is -2.36. The van der Waals surface area contributed by atoms with E-state index in [1.54, 1.807) is 24.6 Å². The van der Waals surface area contributed by atoms with Crippen LogP contribution in [0.5, 0.6) is 0 Å². The zero-order valence-corrected chi connectivity index (χ0v) is 9.38. The van der Waals surface area contributed by atoms with Crippen LogP contribution in [0.1, 0.15) is 0 Å². The number of hydrogen-bond acceptors (Lipinski definition) is 5. The van der Waals surface area contributed by atoms with Gasteiger partial charge in [-0.05, 0) is 12.2 Å². The minimum absolute atomic E-state index is 0.171. The third-order valence-electron chi connectivity index (χ3n) is 2.62. The molecule has 0 saturated carbocycles. The smallest absolute Gasteiger partial charge is 0.0973 e. The lowest BCUT2D eigenvalue weighted by Gasteiger charge is -2.27. The molecule has 0 radical (unpaired) electrons. The molecule has 0 saturated heterocycles. The highest BCUT2D eigenvalue weighted by Gasteiger charge is 2.16. The van der Waals surface area contributed by atoms with Gasteiger partial charge < -0.3 is 4.74 Å². The minimum atomic E-state index is -0.171. The van der Waals surface area contributed by atoms with Crippen molar-refractivity contribution in [2.45, 2.75) is 12.1 Å². The van der Waals surface area contributed by atoms with E-state index >= 15 is 0 Å². The Hall–Kier alpha value is -1.56. The van der Waals surface area contributed by atoms with Gasteiger partial charge in [0, 0.05) is 12.4 Å². The van der Waals surface area contributed by atoms with E-state index in [0.717, 1.165) is 10.1 Å². The van der Waals surface area contributed by atoms with Crippen LogP contribution in [0.4, 0.5) is 0 Å². The second kappa shape index (κ2) is 5.67. The van der Waals surface area contributed by atoms with Gasteiger partial charge in [-0.3, -0.25) is 20.5 Å². The Balaban J connectivity index is 1.73. The largest absolute Gasteiger partial charge is 0.376 e. The summed E-state index contributed by atoms with van der Waals surface area (Å²) in [7, 11) is 0. The van der Waals surface area contributed by atoms with Gasteiger partial charge in [-0.2, -0.15) is 0 Å². The monoisotopic (exact) mass is 236 g/mol. The van der Waals surface area contributed by atoms with E-state index in [-0.39, 0.29) is 12.1 Å². The average molecular weight is 236 g/mol. The molecule has 0 aromatic carbocycles. The fourth-order valence-electron chi connectivity index (χ4n) is 1.63. The molecule has 5 nitrogen and oxygen atoms in total. The molecule has 2 rings (SSSR count). The summed E-state index contributed by atoms with van der Waals surface area (Å²) in [6.45, 7) is 0.748. The van der Waals surface area contributed by atoms with E-state index in [4.69, 9.17) is 4.74 Å². The summed E-state index contributed by atoms with van der Waals surface area (Å²) in [4.78, 5) is 0. The van der Waals surface area contributed by atoms with Crippen LogP contribution in [0, 0.1) is 0 Å². The van der Waals surface area contributed by atoms with Crippen LogP contribution in [0.2, 0.25) is 0 Å². The first kappa shape index (κ1) is 11.9. The quantitative estimate of drug-likeness (QED) is 0.770. The van der Waals surface area contributed by atoms with E-state index in [1.807, 2.05) is 24.3 Å². The molecule has 0 amide bonds. The number of hydroxylamine groups is 4. The molecule has 2 heterocycles. The third-order valence-corrected chi connectivity index (χ3v) is 2.62. The zero-order valence-electron chi connectivity index (χ0n) is 9.38. The lowest BCUT2D eigenvalue weighted by atomic mass is 10.2. The predicted molar refractivity (Wildman–Crippen MR) is 62.2 cm³/mol. The summed E-state index contributed by atoms with van der Waals surface area (Å²) in [6, 6.07) is -0.342. The summed E-state index contributed by atoms with van der Waals surface area (Å²) in [5.74, 6) is 0. The number of ether oxygens (including phenoxy) is 1. The Morgan fingerprint density at radius 1 is 0.824 bits per heavy atom. The predicted octanol–water partition coefficient (Wildman–Crippen LogP) is 1.29. The van der Waals surface area contributed by atoms with Crippen molar-refractivity contribution in [2.75, 3.05) is 13.2 Å². The van der Waals surface area contributed by atoms with Crippen molar-refractivity contribution in [2.24, 2.45) is 0 Å². The zero-order chi connectivity index (χ0) is 12.1. The van der Waals surface area contributed by atoms with Crippen molar-refractivity contribution in [3.8, 4) is 0 Å². The van der Waals surface area contributed by atoms with E-state index in [0.29, 0.717) is 13.2 Å². The number of allylic oxidation sites excluding steroid dienone is 4. The maximum atomic E-state index is 9.49. The standard InChI is InChI=1S/C12H16N2O3/c15-13-7-3-1-5-11(13)9-17-10-12-6-2-4-8-14(12)16/h1-8,11-12,15-16H,9-10H2. The Bertz CT molecular complexity index is 329. The van der Waals surface area contributed by atoms with E-state index in [2.05, 4.69) is 0 Å². The highest BCUT2D eigenvalue weighted by Crippen LogP contribution is 2.09. The molecule has 2 unspecified atom stereocenters. The van der Waals surface area contributed by atoms with E-state index in [1.165, 1.54) is 0 Å². The Morgan fingerprint density at radius 3 is 1.71 bits per heavy atom. The highest BCUT2D eigenvalue weighted by atomic mass is 16.5. The van der Waals surface area contributed by atoms with Crippen LogP contribution in [-0.2, 0) is 4.74 Å². The molecule has 17 heavy (non-hydrogen) atoms. The highest BCUT2D eigenvalue weighted by molar-refractivity contribution is 5.12. The molecule has 2 aliphatic heterocycles. The molecule has 0 bridgehead atoms. The van der Waals surface area contributed by atoms with Gasteiger partial charge in [0.05, 0.1) is 25.3 Å². The summed E-state index contributed by atoms with van der Waals surface area (Å²) in [6.07, 6.45) is 14.1. The Labute approximate surface area is 100 Å². The average Bonchev–Trinajstić information content (AvgIpc) is 2.34. The van der Waals surface area contributed by atoms with Crippen molar-refractivity contribution in [3.63, 3.8) is 0 Å². The SMILES string of the molecule is ON1C=CC=CC1COCC1C=CC=CN1O. The molecule has 0 aliphatic carbocycles. The maximum absolute atomic E-state index is 9.49. The van der Waals surface area contributed by atoms with Crippen LogP contribution >= 0.6 is 0 Å². The molecule has 5 heteroatoms. The number of hydrogen-bond donors (Lipinski definition) is 2. The number of nitrogens with zero attached hydrogens (tertiary/aromatic N) is 2. The van der Waals surface area contributed by atoms with E-state index < -0.39 is 0 Å². The second-order valence-electron chi connectivity index (χ2n) is 3.89. The summed E-state index contributed by atoms with van der Waals surface area (Å²) in [5, 5.41) is 21.2. The first-order valence-electron chi connectivity index (χ1n) is 5.49. The Kier molecular flexibility index (Phi) is 3.98. The number of rotatable bonds is 4. The summed E-state index contributed by atoms with van der Waals surface area (Å²) >= 11 is 0. The van der Waals surface area contributed by atoms with Crippen molar-refractivity contribution in [1.82, 2.24) is 10.1 Å². The minimum Gasteiger partial charge on any atom is -0.376 e. The molecule has 0 spiro atoms. The maximum Gasteiger partial charge on any atom is 0.0973 e. The van der Waals surface area contributed by atoms with Crippen LogP contribution in [0.15, 0.2) is 48.9 Å². The first-order valence-corrected chi connectivity index (χ1v) is 5.49. The van der Waals surface area contributed by atoms with Crippen molar-refractivity contribution in [3.05, 3.63) is 48.9 Å². The third kappa shape index (κ3) is 3.20. The van der Waals surface area contributed by atoms with Gasteiger partial charge in [-0.25, -0.2) is 0 Å². The topological polar surface area (TPSA) is 56.2 Å². The van der Waals surface area contributed by atoms with E-state index in [9.17, 15) is 10.4 Å². The second-order valence-corrected chi connectivity index (χ2v) is 3.89. The molecule has 2 N–H and O–H groups in total. The molecule has 0 aromatic rings. The van der Waals surface area contributed by atoms with Gasteiger partial charge in [0.1, 0.15) is 0 Å². The molecular formula is C12H16N2O3. The van der Waals surface area contributed by atoms with Crippen molar-refractivity contribution < 1.29 is 15.2 Å². The van der Waals surface area contributed by atoms with Crippen LogP contribution < -0.4 is 0 Å². The van der Waals surface area contributed by atoms with Gasteiger partial charge in [0.25, 0.3) is 0 Å². The van der Waals surface area contributed by atoms with Gasteiger partial charge in [0.15, 0.2) is 0 Å². The fourth-order valence-corrected chi connectivity index (χ4v) is 1.63. The van der Waals surface area contributed by atoms with Crippen molar-refractivity contribution >= 4 is 0 Å². The van der Waals surface area contributed by atoms with Crippen LogP contribution in [0.3, 0.4) is 0 Å². The Morgan fingerprint density at radius 2 is 1.29 bits per heavy atom. The molecule has 0 fully saturated rings.